The Balaban J connectivity index is 1.53. The Labute approximate surface area is 172 Å². The number of hydrogen-bond acceptors (Lipinski definition) is 3. The number of benzene rings is 2. The molecule has 0 aliphatic carbocycles. The van der Waals surface area contributed by atoms with Gasteiger partial charge in [-0.3, -0.25) is 4.79 Å². The molecule has 0 unspecified atom stereocenters. The summed E-state index contributed by atoms with van der Waals surface area (Å²) in [7, 11) is 0. The van der Waals surface area contributed by atoms with E-state index in [2.05, 4.69) is 10.6 Å². The van der Waals surface area contributed by atoms with E-state index in [-0.39, 0.29) is 12.0 Å². The molecule has 0 radical (unpaired) electrons. The van der Waals surface area contributed by atoms with E-state index < -0.39 is 0 Å². The largest absolute Gasteiger partial charge is 0.491 e. The molecule has 148 valence electrons. The molecule has 3 rings (SSSR count). The molecule has 1 aliphatic rings. The third-order valence-electron chi connectivity index (χ3n) is 4.57. The van der Waals surface area contributed by atoms with Gasteiger partial charge in [0.25, 0.3) is 0 Å². The molecule has 1 amide bonds. The number of nitrogens with one attached hydrogen (secondary N) is 2. The van der Waals surface area contributed by atoms with E-state index in [0.717, 1.165) is 41.2 Å². The fraction of sp³-hybridized carbons (Fsp3) is 0.364. The second-order valence-corrected chi connectivity index (χ2v) is 7.68. The lowest BCUT2D eigenvalue weighted by Crippen LogP contribution is -2.28. The molecule has 0 bridgehead atoms. The normalized spacial score (nSPS) is 13.7. The first-order chi connectivity index (χ1) is 13.4. The van der Waals surface area contributed by atoms with E-state index in [1.807, 2.05) is 68.1 Å². The Kier molecular flexibility index (Phi) is 6.52. The Bertz CT molecular complexity index is 849. The number of rotatable bonds is 6. The third kappa shape index (κ3) is 5.23. The average molecular weight is 398 g/mol. The van der Waals surface area contributed by atoms with Crippen LogP contribution in [0.15, 0.2) is 42.5 Å². The molecule has 6 heteroatoms. The van der Waals surface area contributed by atoms with E-state index in [1.54, 1.807) is 0 Å². The summed E-state index contributed by atoms with van der Waals surface area (Å²) in [4.78, 5) is 13.8. The lowest BCUT2D eigenvalue weighted by Gasteiger charge is -2.19. The van der Waals surface area contributed by atoms with Crippen LogP contribution in [0.2, 0.25) is 0 Å². The minimum Gasteiger partial charge on any atom is -0.491 e. The molecular formula is C22H27N3O2S. The summed E-state index contributed by atoms with van der Waals surface area (Å²) in [5, 5.41) is 6.99. The molecule has 0 saturated carbocycles. The molecule has 0 spiro atoms. The summed E-state index contributed by atoms with van der Waals surface area (Å²) >= 11 is 5.41. The van der Waals surface area contributed by atoms with Crippen molar-refractivity contribution >= 4 is 34.6 Å². The van der Waals surface area contributed by atoms with Crippen LogP contribution in [0.4, 0.5) is 11.4 Å². The van der Waals surface area contributed by atoms with Gasteiger partial charge in [-0.2, -0.15) is 0 Å². The van der Waals surface area contributed by atoms with Gasteiger partial charge in [0, 0.05) is 30.9 Å². The first-order valence-electron chi connectivity index (χ1n) is 9.64. The van der Waals surface area contributed by atoms with Crippen molar-refractivity contribution in [3.8, 4) is 5.75 Å². The molecule has 1 aliphatic heterocycles. The topological polar surface area (TPSA) is 53.6 Å². The minimum atomic E-state index is 0.166. The van der Waals surface area contributed by atoms with Crippen molar-refractivity contribution in [3.05, 3.63) is 53.6 Å². The zero-order valence-electron chi connectivity index (χ0n) is 16.6. The smallest absolute Gasteiger partial charge is 0.227 e. The number of carbonyl (C=O) groups is 1. The summed E-state index contributed by atoms with van der Waals surface area (Å²) in [6, 6.07) is 14.0. The third-order valence-corrected chi connectivity index (χ3v) is 4.81. The fourth-order valence-electron chi connectivity index (χ4n) is 3.25. The monoisotopic (exact) mass is 397 g/mol. The van der Waals surface area contributed by atoms with Crippen molar-refractivity contribution in [2.75, 3.05) is 16.8 Å². The van der Waals surface area contributed by atoms with Crippen molar-refractivity contribution in [2.24, 2.45) is 0 Å². The summed E-state index contributed by atoms with van der Waals surface area (Å²) in [5.41, 5.74) is 4.07. The Morgan fingerprint density at radius 1 is 1.21 bits per heavy atom. The van der Waals surface area contributed by atoms with E-state index in [0.29, 0.717) is 18.1 Å². The second kappa shape index (κ2) is 9.06. The van der Waals surface area contributed by atoms with Crippen LogP contribution in [0, 0.1) is 6.92 Å². The predicted molar refractivity (Wildman–Crippen MR) is 118 cm³/mol. The number of aryl methyl sites for hydroxylation is 1. The quantitative estimate of drug-likeness (QED) is 0.708. The van der Waals surface area contributed by atoms with Crippen LogP contribution in [-0.4, -0.2) is 23.7 Å². The highest BCUT2D eigenvalue weighted by molar-refractivity contribution is 7.80. The van der Waals surface area contributed by atoms with Gasteiger partial charge < -0.3 is 20.3 Å². The van der Waals surface area contributed by atoms with Gasteiger partial charge in [-0.25, -0.2) is 0 Å². The van der Waals surface area contributed by atoms with Gasteiger partial charge in [0.05, 0.1) is 6.10 Å². The second-order valence-electron chi connectivity index (χ2n) is 7.27. The SMILES string of the molecule is Cc1cc(NC(=S)NCc2ccc(OC(C)C)cc2)ccc1N1CCCC1=O. The molecule has 1 heterocycles. The minimum absolute atomic E-state index is 0.166. The van der Waals surface area contributed by atoms with Crippen molar-refractivity contribution in [2.45, 2.75) is 46.3 Å². The molecule has 28 heavy (non-hydrogen) atoms. The molecule has 2 aromatic rings. The summed E-state index contributed by atoms with van der Waals surface area (Å²) in [5.74, 6) is 1.07. The summed E-state index contributed by atoms with van der Waals surface area (Å²) < 4.78 is 5.66. The highest BCUT2D eigenvalue weighted by atomic mass is 32.1. The first-order valence-corrected chi connectivity index (χ1v) is 10.0. The molecule has 0 aromatic heterocycles. The van der Waals surface area contributed by atoms with Gasteiger partial charge in [-0.05, 0) is 80.9 Å². The number of anilines is 2. The van der Waals surface area contributed by atoms with Crippen LogP contribution >= 0.6 is 12.2 Å². The predicted octanol–water partition coefficient (Wildman–Crippen LogP) is 4.40. The van der Waals surface area contributed by atoms with Gasteiger partial charge in [-0.1, -0.05) is 12.1 Å². The molecule has 2 aromatic carbocycles. The van der Waals surface area contributed by atoms with Crippen molar-refractivity contribution < 1.29 is 9.53 Å². The standard InChI is InChI=1S/C22H27N3O2S/c1-15(2)27-19-9-6-17(7-10-19)14-23-22(28)24-18-8-11-20(16(3)13-18)25-12-4-5-21(25)26/h6-11,13,15H,4-5,12,14H2,1-3H3,(H2,23,24,28). The van der Waals surface area contributed by atoms with Gasteiger partial charge >= 0.3 is 0 Å². The van der Waals surface area contributed by atoms with E-state index in [4.69, 9.17) is 17.0 Å². The Hall–Kier alpha value is -2.60. The molecule has 0 atom stereocenters. The molecule has 1 fully saturated rings. The maximum atomic E-state index is 12.0. The number of carbonyl (C=O) groups excluding carboxylic acids is 1. The van der Waals surface area contributed by atoms with Gasteiger partial charge in [0.1, 0.15) is 5.75 Å². The van der Waals surface area contributed by atoms with Crippen LogP contribution in [0.25, 0.3) is 0 Å². The molecule has 5 nitrogen and oxygen atoms in total. The number of ether oxygens (including phenoxy) is 1. The maximum absolute atomic E-state index is 12.0. The summed E-state index contributed by atoms with van der Waals surface area (Å²) in [6.45, 7) is 7.47. The number of amides is 1. The average Bonchev–Trinajstić information content (AvgIpc) is 3.06. The number of thiocarbonyl (C=S) groups is 1. The Morgan fingerprint density at radius 3 is 2.57 bits per heavy atom. The van der Waals surface area contributed by atoms with E-state index in [9.17, 15) is 4.79 Å². The van der Waals surface area contributed by atoms with Crippen LogP contribution in [0.5, 0.6) is 5.75 Å². The van der Waals surface area contributed by atoms with Crippen LogP contribution in [0.3, 0.4) is 0 Å². The maximum Gasteiger partial charge on any atom is 0.227 e. The molecule has 1 saturated heterocycles. The molecule has 2 N–H and O–H groups in total. The van der Waals surface area contributed by atoms with E-state index in [1.165, 1.54) is 0 Å². The highest BCUT2D eigenvalue weighted by Gasteiger charge is 2.22. The first kappa shape index (κ1) is 20.1. The molecular weight excluding hydrogens is 370 g/mol. The zero-order chi connectivity index (χ0) is 20.1. The van der Waals surface area contributed by atoms with Gasteiger partial charge in [0.2, 0.25) is 5.91 Å². The fourth-order valence-corrected chi connectivity index (χ4v) is 3.44. The highest BCUT2D eigenvalue weighted by Crippen LogP contribution is 2.27. The summed E-state index contributed by atoms with van der Waals surface area (Å²) in [6.07, 6.45) is 1.73. The lowest BCUT2D eigenvalue weighted by atomic mass is 10.1. The van der Waals surface area contributed by atoms with Crippen LogP contribution in [-0.2, 0) is 11.3 Å². The van der Waals surface area contributed by atoms with E-state index >= 15 is 0 Å². The zero-order valence-corrected chi connectivity index (χ0v) is 17.4. The van der Waals surface area contributed by atoms with Crippen LogP contribution in [0.1, 0.15) is 37.8 Å². The number of hydrogen-bond donors (Lipinski definition) is 2. The van der Waals surface area contributed by atoms with Crippen LogP contribution < -0.4 is 20.3 Å². The van der Waals surface area contributed by atoms with Crippen molar-refractivity contribution in [1.82, 2.24) is 5.32 Å². The van der Waals surface area contributed by atoms with Gasteiger partial charge in [-0.15, -0.1) is 0 Å². The van der Waals surface area contributed by atoms with Gasteiger partial charge in [0.15, 0.2) is 5.11 Å². The lowest BCUT2D eigenvalue weighted by molar-refractivity contribution is -0.117. The van der Waals surface area contributed by atoms with Crippen molar-refractivity contribution in [1.29, 1.82) is 0 Å². The van der Waals surface area contributed by atoms with Crippen molar-refractivity contribution in [3.63, 3.8) is 0 Å². The number of nitrogens with zero attached hydrogens (tertiary/aromatic N) is 1. The Morgan fingerprint density at radius 2 is 1.96 bits per heavy atom.